The lowest BCUT2D eigenvalue weighted by Crippen LogP contribution is -2.44. The molecule has 0 aromatic rings. The average Bonchev–Trinajstić information content (AvgIpc) is 2.25. The van der Waals surface area contributed by atoms with Gasteiger partial charge in [-0.2, -0.15) is 17.0 Å². The highest BCUT2D eigenvalue weighted by Crippen LogP contribution is 2.10. The minimum atomic E-state index is -3.26. The third-order valence-corrected chi connectivity index (χ3v) is 4.99. The van der Waals surface area contributed by atoms with E-state index in [9.17, 15) is 8.42 Å². The van der Waals surface area contributed by atoms with E-state index in [1.165, 1.54) is 4.31 Å². The van der Waals surface area contributed by atoms with E-state index in [-0.39, 0.29) is 0 Å². The van der Waals surface area contributed by atoms with Crippen molar-refractivity contribution in [3.05, 3.63) is 0 Å². The van der Waals surface area contributed by atoms with Crippen molar-refractivity contribution in [2.45, 2.75) is 33.6 Å². The second-order valence-corrected chi connectivity index (χ2v) is 6.26. The van der Waals surface area contributed by atoms with Gasteiger partial charge in [-0.15, -0.1) is 0 Å². The average molecular weight is 315 g/mol. The number of alkyl halides is 1. The van der Waals surface area contributed by atoms with Crippen molar-refractivity contribution < 1.29 is 8.42 Å². The van der Waals surface area contributed by atoms with Crippen molar-refractivity contribution >= 4 is 26.1 Å². The molecule has 16 heavy (non-hydrogen) atoms. The van der Waals surface area contributed by atoms with Gasteiger partial charge in [0.1, 0.15) is 0 Å². The van der Waals surface area contributed by atoms with Gasteiger partial charge in [-0.3, -0.25) is 0 Å². The van der Waals surface area contributed by atoms with Gasteiger partial charge >= 0.3 is 0 Å². The molecule has 0 rings (SSSR count). The minimum absolute atomic E-state index is 0.531. The summed E-state index contributed by atoms with van der Waals surface area (Å²) < 4.78 is 27.5. The molecule has 0 unspecified atom stereocenters. The van der Waals surface area contributed by atoms with E-state index in [0.717, 1.165) is 12.8 Å². The summed E-state index contributed by atoms with van der Waals surface area (Å²) in [5, 5.41) is 0.678. The predicted octanol–water partition coefficient (Wildman–Crippen LogP) is 2.07. The highest BCUT2D eigenvalue weighted by molar-refractivity contribution is 9.09. The summed E-state index contributed by atoms with van der Waals surface area (Å²) in [7, 11) is -3.26. The fraction of sp³-hybridized carbons (Fsp3) is 1.00. The highest BCUT2D eigenvalue weighted by Gasteiger charge is 2.26. The summed E-state index contributed by atoms with van der Waals surface area (Å²) >= 11 is 3.30. The van der Waals surface area contributed by atoms with Crippen molar-refractivity contribution in [2.75, 3.05) is 31.5 Å². The molecule has 0 N–H and O–H groups in total. The van der Waals surface area contributed by atoms with Gasteiger partial charge in [-0.05, 0) is 6.42 Å². The topological polar surface area (TPSA) is 40.6 Å². The largest absolute Gasteiger partial charge is 0.281 e. The molecule has 0 bridgehead atoms. The van der Waals surface area contributed by atoms with Crippen LogP contribution in [0.5, 0.6) is 0 Å². The Morgan fingerprint density at radius 1 is 1.00 bits per heavy atom. The van der Waals surface area contributed by atoms with Crippen molar-refractivity contribution in [2.24, 2.45) is 0 Å². The third-order valence-electron chi connectivity index (χ3n) is 2.45. The molecular formula is C10H23BrN2O2S. The van der Waals surface area contributed by atoms with Crippen LogP contribution in [0.25, 0.3) is 0 Å². The Balaban J connectivity index is 4.72. The van der Waals surface area contributed by atoms with E-state index < -0.39 is 10.2 Å². The van der Waals surface area contributed by atoms with E-state index in [1.54, 1.807) is 4.31 Å². The van der Waals surface area contributed by atoms with Crippen LogP contribution in [-0.4, -0.2) is 48.5 Å². The van der Waals surface area contributed by atoms with Gasteiger partial charge in [0.05, 0.1) is 0 Å². The Hall–Kier alpha value is 0.350. The fourth-order valence-corrected chi connectivity index (χ4v) is 3.81. The smallest absolute Gasteiger partial charge is 0.195 e. The maximum atomic E-state index is 12.2. The number of rotatable bonds is 9. The highest BCUT2D eigenvalue weighted by atomic mass is 79.9. The summed E-state index contributed by atoms with van der Waals surface area (Å²) in [5.41, 5.74) is 0. The van der Waals surface area contributed by atoms with E-state index in [0.29, 0.717) is 31.5 Å². The number of hydrogen-bond donors (Lipinski definition) is 0. The second-order valence-electron chi connectivity index (χ2n) is 3.53. The van der Waals surface area contributed by atoms with Gasteiger partial charge in [-0.1, -0.05) is 43.1 Å². The normalized spacial score (nSPS) is 12.6. The molecule has 0 heterocycles. The zero-order chi connectivity index (χ0) is 12.6. The predicted molar refractivity (Wildman–Crippen MR) is 72.1 cm³/mol. The molecular weight excluding hydrogens is 292 g/mol. The Bertz CT molecular complexity index is 266. The maximum Gasteiger partial charge on any atom is 0.281 e. The van der Waals surface area contributed by atoms with Crippen molar-refractivity contribution in [1.29, 1.82) is 0 Å². The van der Waals surface area contributed by atoms with E-state index in [1.807, 2.05) is 13.8 Å². The Kier molecular flexibility index (Phi) is 8.63. The zero-order valence-corrected chi connectivity index (χ0v) is 12.8. The van der Waals surface area contributed by atoms with Crippen LogP contribution >= 0.6 is 15.9 Å². The van der Waals surface area contributed by atoms with Crippen LogP contribution in [0.3, 0.4) is 0 Å². The summed E-state index contributed by atoms with van der Waals surface area (Å²) in [6.45, 7) is 8.02. The van der Waals surface area contributed by atoms with Crippen LogP contribution in [0.15, 0.2) is 0 Å². The number of halogens is 1. The molecule has 0 aromatic carbocycles. The lowest BCUT2D eigenvalue weighted by Gasteiger charge is -2.28. The fourth-order valence-electron chi connectivity index (χ4n) is 1.48. The van der Waals surface area contributed by atoms with Gasteiger partial charge in [-0.25, -0.2) is 0 Å². The van der Waals surface area contributed by atoms with Gasteiger partial charge < -0.3 is 0 Å². The first-order valence-electron chi connectivity index (χ1n) is 5.85. The quantitative estimate of drug-likeness (QED) is 0.611. The van der Waals surface area contributed by atoms with Crippen LogP contribution in [0.1, 0.15) is 33.6 Å². The molecule has 0 saturated carbocycles. The molecule has 0 aromatic heterocycles. The number of nitrogens with zero attached hydrogens (tertiary/aromatic N) is 2. The lowest BCUT2D eigenvalue weighted by molar-refractivity contribution is 0.354. The van der Waals surface area contributed by atoms with E-state index in [4.69, 9.17) is 0 Å². The monoisotopic (exact) mass is 314 g/mol. The molecule has 0 aliphatic carbocycles. The lowest BCUT2D eigenvalue weighted by atomic mass is 10.3. The van der Waals surface area contributed by atoms with Crippen LogP contribution in [0.2, 0.25) is 0 Å². The van der Waals surface area contributed by atoms with Crippen LogP contribution in [0, 0.1) is 0 Å². The van der Waals surface area contributed by atoms with Gasteiger partial charge in [0.25, 0.3) is 10.2 Å². The first-order chi connectivity index (χ1) is 7.54. The van der Waals surface area contributed by atoms with Gasteiger partial charge in [0, 0.05) is 31.5 Å². The Morgan fingerprint density at radius 2 is 1.56 bits per heavy atom. The molecule has 6 heteroatoms. The van der Waals surface area contributed by atoms with Gasteiger partial charge in [0.15, 0.2) is 0 Å². The molecule has 0 atom stereocenters. The Labute approximate surface area is 108 Å². The summed E-state index contributed by atoms with van der Waals surface area (Å²) in [4.78, 5) is 0. The summed E-state index contributed by atoms with van der Waals surface area (Å²) in [5.74, 6) is 0. The third kappa shape index (κ3) is 4.69. The zero-order valence-electron chi connectivity index (χ0n) is 10.4. The van der Waals surface area contributed by atoms with Crippen LogP contribution < -0.4 is 0 Å². The number of unbranched alkanes of at least 4 members (excludes halogenated alkanes) is 1. The molecule has 0 aliphatic heterocycles. The minimum Gasteiger partial charge on any atom is -0.195 e. The first kappa shape index (κ1) is 16.4. The molecule has 0 radical (unpaired) electrons. The van der Waals surface area contributed by atoms with Crippen molar-refractivity contribution in [3.8, 4) is 0 Å². The molecule has 4 nitrogen and oxygen atoms in total. The SMILES string of the molecule is CCCCN(CCBr)S(=O)(=O)N(CC)CC. The van der Waals surface area contributed by atoms with Crippen LogP contribution in [0.4, 0.5) is 0 Å². The molecule has 0 saturated heterocycles. The molecule has 98 valence electrons. The molecule has 0 aliphatic rings. The van der Waals surface area contributed by atoms with E-state index in [2.05, 4.69) is 22.9 Å². The Morgan fingerprint density at radius 3 is 1.94 bits per heavy atom. The van der Waals surface area contributed by atoms with Crippen LogP contribution in [-0.2, 0) is 10.2 Å². The molecule has 0 fully saturated rings. The number of hydrogen-bond acceptors (Lipinski definition) is 2. The molecule has 0 spiro atoms. The standard InChI is InChI=1S/C10H23BrN2O2S/c1-4-7-9-13(10-8-11)16(14,15)12(5-2)6-3/h4-10H2,1-3H3. The summed E-state index contributed by atoms with van der Waals surface area (Å²) in [6.07, 6.45) is 1.92. The second kappa shape index (κ2) is 8.44. The van der Waals surface area contributed by atoms with E-state index >= 15 is 0 Å². The molecule has 0 amide bonds. The van der Waals surface area contributed by atoms with Crippen molar-refractivity contribution in [1.82, 2.24) is 8.61 Å². The summed E-state index contributed by atoms with van der Waals surface area (Å²) in [6, 6.07) is 0. The van der Waals surface area contributed by atoms with Crippen molar-refractivity contribution in [3.63, 3.8) is 0 Å². The maximum absolute atomic E-state index is 12.2. The first-order valence-corrected chi connectivity index (χ1v) is 8.37. The van der Waals surface area contributed by atoms with Gasteiger partial charge in [0.2, 0.25) is 0 Å².